The molecule has 4 heterocycles. The van der Waals surface area contributed by atoms with E-state index < -0.39 is 0 Å². The lowest BCUT2D eigenvalue weighted by atomic mass is 10.2. The molecule has 1 aliphatic carbocycles. The maximum atomic E-state index is 5.52. The first-order valence-electron chi connectivity index (χ1n) is 11.6. The molecule has 5 N–H and O–H groups in total. The lowest BCUT2D eigenvalue weighted by Crippen LogP contribution is -2.37. The van der Waals surface area contributed by atoms with E-state index in [1.807, 2.05) is 30.3 Å². The number of morpholine rings is 1. The second kappa shape index (κ2) is 10.5. The molecule has 2 aliphatic rings. The monoisotopic (exact) mass is 475 g/mol. The van der Waals surface area contributed by atoms with Gasteiger partial charge in [0.1, 0.15) is 17.4 Å². The molecule has 0 atom stereocenters. The molecule has 35 heavy (non-hydrogen) atoms. The van der Waals surface area contributed by atoms with E-state index in [9.17, 15) is 0 Å². The second-order valence-corrected chi connectivity index (χ2v) is 8.46. The number of ether oxygens (including phenoxy) is 1. The average Bonchev–Trinajstić information content (AvgIpc) is 3.66. The van der Waals surface area contributed by atoms with Crippen LogP contribution in [0.25, 0.3) is 5.57 Å². The van der Waals surface area contributed by atoms with Gasteiger partial charge >= 0.3 is 0 Å². The highest BCUT2D eigenvalue weighted by molar-refractivity contribution is 5.70. The molecule has 1 saturated heterocycles. The summed E-state index contributed by atoms with van der Waals surface area (Å²) in [5.41, 5.74) is 2.57. The Morgan fingerprint density at radius 2 is 2.09 bits per heavy atom. The second-order valence-electron chi connectivity index (χ2n) is 8.46. The normalized spacial score (nSPS) is 16.1. The Labute approximate surface area is 203 Å². The molecule has 0 amide bonds. The summed E-state index contributed by atoms with van der Waals surface area (Å²) in [6.07, 6.45) is 5.86. The average molecular weight is 476 g/mol. The predicted molar refractivity (Wildman–Crippen MR) is 134 cm³/mol. The van der Waals surface area contributed by atoms with Gasteiger partial charge in [0.15, 0.2) is 5.82 Å². The maximum absolute atomic E-state index is 5.52. The molecule has 0 bridgehead atoms. The van der Waals surface area contributed by atoms with E-state index in [2.05, 4.69) is 42.3 Å². The van der Waals surface area contributed by atoms with Gasteiger partial charge in [-0.15, -0.1) is 0 Å². The van der Waals surface area contributed by atoms with Crippen molar-refractivity contribution in [1.82, 2.24) is 25.1 Å². The number of rotatable bonds is 10. The number of H-pyrrole nitrogens is 1. The third-order valence-electron chi connectivity index (χ3n) is 5.82. The van der Waals surface area contributed by atoms with Crippen LogP contribution in [0.4, 0.5) is 23.4 Å². The molecule has 182 valence electrons. The molecule has 0 aromatic carbocycles. The number of anilines is 4. The van der Waals surface area contributed by atoms with Crippen LogP contribution in [-0.2, 0) is 9.57 Å². The number of aromatic nitrogens is 5. The van der Waals surface area contributed by atoms with Crippen molar-refractivity contribution in [2.45, 2.75) is 18.8 Å². The van der Waals surface area contributed by atoms with Crippen LogP contribution in [0.2, 0.25) is 0 Å². The van der Waals surface area contributed by atoms with Crippen molar-refractivity contribution in [3.05, 3.63) is 66.3 Å². The minimum absolute atomic E-state index is 0.266. The van der Waals surface area contributed by atoms with Gasteiger partial charge in [-0.2, -0.15) is 21.0 Å². The fourth-order valence-corrected chi connectivity index (χ4v) is 3.78. The smallest absolute Gasteiger partial charge is 0.227 e. The van der Waals surface area contributed by atoms with Crippen molar-refractivity contribution in [2.75, 3.05) is 48.4 Å². The summed E-state index contributed by atoms with van der Waals surface area (Å²) in [7, 11) is 0. The first kappa shape index (κ1) is 22.8. The Bertz CT molecular complexity index is 1180. The van der Waals surface area contributed by atoms with E-state index in [1.54, 1.807) is 12.3 Å². The van der Waals surface area contributed by atoms with Crippen LogP contribution in [0, 0.1) is 0 Å². The molecule has 0 radical (unpaired) electrons. The highest BCUT2D eigenvalue weighted by Gasteiger charge is 2.25. The van der Waals surface area contributed by atoms with Crippen molar-refractivity contribution < 1.29 is 9.57 Å². The van der Waals surface area contributed by atoms with Crippen LogP contribution in [0.1, 0.15) is 30.1 Å². The number of allylic oxidation sites excluding steroid dienone is 2. The summed E-state index contributed by atoms with van der Waals surface area (Å²) in [4.78, 5) is 20.9. The minimum Gasteiger partial charge on any atom is -0.414 e. The highest BCUT2D eigenvalue weighted by atomic mass is 16.6. The minimum atomic E-state index is 0.266. The third kappa shape index (κ3) is 5.94. The topological polar surface area (TPSA) is 139 Å². The summed E-state index contributed by atoms with van der Waals surface area (Å²) < 4.78 is 5.49. The molecule has 11 nitrogen and oxygen atoms in total. The number of pyridine rings is 1. The van der Waals surface area contributed by atoms with Crippen molar-refractivity contribution in [2.24, 2.45) is 5.90 Å². The van der Waals surface area contributed by atoms with Crippen LogP contribution >= 0.6 is 0 Å². The van der Waals surface area contributed by atoms with E-state index >= 15 is 0 Å². The van der Waals surface area contributed by atoms with Crippen LogP contribution in [0.3, 0.4) is 0 Å². The Morgan fingerprint density at radius 1 is 1.23 bits per heavy atom. The Morgan fingerprint density at radius 3 is 2.83 bits per heavy atom. The van der Waals surface area contributed by atoms with Gasteiger partial charge in [0.2, 0.25) is 5.95 Å². The van der Waals surface area contributed by atoms with Gasteiger partial charge in [-0.1, -0.05) is 12.6 Å². The van der Waals surface area contributed by atoms with E-state index in [0.29, 0.717) is 42.2 Å². The molecule has 11 heteroatoms. The third-order valence-corrected chi connectivity index (χ3v) is 5.82. The molecule has 1 saturated carbocycles. The van der Waals surface area contributed by atoms with Crippen LogP contribution < -0.4 is 21.4 Å². The SMILES string of the molecule is C=C(/C=C(/CNc1nc(Nc2cc(C3CC3)[nH]n2)cc(N2CCOCC2)n1)ON)c1ccccn1. The highest BCUT2D eigenvalue weighted by Crippen LogP contribution is 2.39. The summed E-state index contributed by atoms with van der Waals surface area (Å²) in [6.45, 7) is 7.14. The summed E-state index contributed by atoms with van der Waals surface area (Å²) >= 11 is 0. The Balaban J connectivity index is 1.33. The van der Waals surface area contributed by atoms with E-state index in [4.69, 9.17) is 20.5 Å². The fraction of sp³-hybridized carbons (Fsp3) is 0.333. The van der Waals surface area contributed by atoms with Gasteiger partial charge in [0, 0.05) is 43.0 Å². The molecule has 1 aliphatic heterocycles. The van der Waals surface area contributed by atoms with E-state index in [1.165, 1.54) is 12.8 Å². The van der Waals surface area contributed by atoms with Crippen molar-refractivity contribution >= 4 is 29.0 Å². The van der Waals surface area contributed by atoms with E-state index in [-0.39, 0.29) is 6.54 Å². The molecule has 0 spiro atoms. The molecule has 5 rings (SSSR count). The van der Waals surface area contributed by atoms with Gasteiger partial charge in [-0.3, -0.25) is 10.1 Å². The molecule has 3 aromatic rings. The lowest BCUT2D eigenvalue weighted by Gasteiger charge is -2.28. The van der Waals surface area contributed by atoms with Gasteiger partial charge in [-0.25, -0.2) is 0 Å². The summed E-state index contributed by atoms with van der Waals surface area (Å²) in [5, 5.41) is 14.0. The summed E-state index contributed by atoms with van der Waals surface area (Å²) in [6, 6.07) is 9.57. The zero-order valence-corrected chi connectivity index (χ0v) is 19.4. The van der Waals surface area contributed by atoms with Crippen molar-refractivity contribution in [3.8, 4) is 0 Å². The number of nitrogens with one attached hydrogen (secondary N) is 3. The summed E-state index contributed by atoms with van der Waals surface area (Å²) in [5.74, 6) is 9.16. The van der Waals surface area contributed by atoms with Gasteiger partial charge in [0.25, 0.3) is 0 Å². The zero-order valence-electron chi connectivity index (χ0n) is 19.4. The van der Waals surface area contributed by atoms with E-state index in [0.717, 1.165) is 36.1 Å². The van der Waals surface area contributed by atoms with Crippen LogP contribution in [0.15, 0.2) is 54.9 Å². The number of nitrogens with zero attached hydrogens (tertiary/aromatic N) is 5. The zero-order chi connectivity index (χ0) is 24.0. The standard InChI is InChI=1S/C24H29N9O2/c1-16(19-4-2-3-7-26-19)12-18(35-25)15-27-24-29-21(14-23(30-24)33-8-10-34-11-9-33)28-22-13-20(31-32-22)17-5-6-17/h2-4,7,12-14,17H,1,5-6,8-11,15,25H2,(H3,27,28,29,30,31,32)/b18-12-. The molecule has 3 aromatic heterocycles. The number of aromatic amines is 1. The Kier molecular flexibility index (Phi) is 6.87. The molecular weight excluding hydrogens is 446 g/mol. The van der Waals surface area contributed by atoms with Gasteiger partial charge in [-0.05, 0) is 36.6 Å². The van der Waals surface area contributed by atoms with Gasteiger partial charge < -0.3 is 25.1 Å². The van der Waals surface area contributed by atoms with Gasteiger partial charge in [0.05, 0.1) is 25.5 Å². The molecule has 2 fully saturated rings. The molecular formula is C24H29N9O2. The molecule has 0 unspecified atom stereocenters. The van der Waals surface area contributed by atoms with Crippen molar-refractivity contribution in [1.29, 1.82) is 0 Å². The maximum Gasteiger partial charge on any atom is 0.227 e. The number of nitrogens with two attached hydrogens (primary N) is 1. The van der Waals surface area contributed by atoms with Crippen LogP contribution in [0.5, 0.6) is 0 Å². The fourth-order valence-electron chi connectivity index (χ4n) is 3.78. The number of hydrogen-bond acceptors (Lipinski definition) is 10. The Hall–Kier alpha value is -3.96. The first-order chi connectivity index (χ1) is 17.2. The van der Waals surface area contributed by atoms with Crippen molar-refractivity contribution in [3.63, 3.8) is 0 Å². The number of hydrogen-bond donors (Lipinski definition) is 4. The first-order valence-corrected chi connectivity index (χ1v) is 11.6. The largest absolute Gasteiger partial charge is 0.414 e. The lowest BCUT2D eigenvalue weighted by molar-refractivity contribution is 0.122. The quantitative estimate of drug-likeness (QED) is 0.197. The predicted octanol–water partition coefficient (Wildman–Crippen LogP) is 2.95. The van der Waals surface area contributed by atoms with Crippen LogP contribution in [-0.4, -0.2) is 58.0 Å².